The minimum Gasteiger partial charge on any atom is -0.508 e. The minimum atomic E-state index is -0.131. The van der Waals surface area contributed by atoms with Gasteiger partial charge in [0.1, 0.15) is 17.3 Å². The standard InChI is InChI=1S/C17H12O3/c18-14-8-4-7-13(9-14)17-11-15(19)10-16(20-17)12-5-2-1-3-6-12/h1-11,18H. The molecule has 0 fully saturated rings. The molecule has 0 aliphatic rings. The van der Waals surface area contributed by atoms with E-state index < -0.39 is 0 Å². The van der Waals surface area contributed by atoms with Gasteiger partial charge in [-0.15, -0.1) is 0 Å². The van der Waals surface area contributed by atoms with Crippen LogP contribution in [0.5, 0.6) is 5.75 Å². The third-order valence-corrected chi connectivity index (χ3v) is 2.96. The highest BCUT2D eigenvalue weighted by Crippen LogP contribution is 2.26. The molecule has 3 heteroatoms. The zero-order valence-corrected chi connectivity index (χ0v) is 10.6. The lowest BCUT2D eigenvalue weighted by Gasteiger charge is -2.05. The Morgan fingerprint density at radius 3 is 2.10 bits per heavy atom. The highest BCUT2D eigenvalue weighted by atomic mass is 16.3. The fourth-order valence-corrected chi connectivity index (χ4v) is 2.02. The Labute approximate surface area is 115 Å². The van der Waals surface area contributed by atoms with Crippen LogP contribution in [0.2, 0.25) is 0 Å². The average molecular weight is 264 g/mol. The molecule has 1 N–H and O–H groups in total. The number of aromatic hydroxyl groups is 1. The number of phenols is 1. The van der Waals surface area contributed by atoms with Crippen LogP contribution in [-0.2, 0) is 0 Å². The summed E-state index contributed by atoms with van der Waals surface area (Å²) in [5, 5.41) is 9.51. The number of rotatable bonds is 2. The summed E-state index contributed by atoms with van der Waals surface area (Å²) < 4.78 is 5.77. The summed E-state index contributed by atoms with van der Waals surface area (Å²) in [5.74, 6) is 1.08. The molecule has 0 saturated heterocycles. The Hall–Kier alpha value is -2.81. The molecule has 0 unspecified atom stereocenters. The molecule has 0 radical (unpaired) electrons. The molecule has 3 aromatic rings. The van der Waals surface area contributed by atoms with Crippen molar-refractivity contribution in [1.82, 2.24) is 0 Å². The van der Waals surface area contributed by atoms with Crippen LogP contribution < -0.4 is 5.43 Å². The van der Waals surface area contributed by atoms with Crippen molar-refractivity contribution in [2.24, 2.45) is 0 Å². The van der Waals surface area contributed by atoms with Crippen LogP contribution in [-0.4, -0.2) is 5.11 Å². The first-order valence-corrected chi connectivity index (χ1v) is 6.22. The van der Waals surface area contributed by atoms with E-state index in [1.807, 2.05) is 30.3 Å². The van der Waals surface area contributed by atoms with E-state index in [9.17, 15) is 9.90 Å². The van der Waals surface area contributed by atoms with Crippen molar-refractivity contribution >= 4 is 0 Å². The number of hydrogen-bond donors (Lipinski definition) is 1. The van der Waals surface area contributed by atoms with Crippen molar-refractivity contribution in [2.75, 3.05) is 0 Å². The zero-order valence-electron chi connectivity index (χ0n) is 10.6. The predicted molar refractivity (Wildman–Crippen MR) is 77.5 cm³/mol. The third kappa shape index (κ3) is 2.47. The van der Waals surface area contributed by atoms with Crippen LogP contribution in [0.15, 0.2) is 75.9 Å². The average Bonchev–Trinajstić information content (AvgIpc) is 2.47. The van der Waals surface area contributed by atoms with Gasteiger partial charge in [0.05, 0.1) is 0 Å². The summed E-state index contributed by atoms with van der Waals surface area (Å²) in [6, 6.07) is 18.9. The molecule has 20 heavy (non-hydrogen) atoms. The smallest absolute Gasteiger partial charge is 0.186 e. The van der Waals surface area contributed by atoms with Crippen molar-refractivity contribution in [2.45, 2.75) is 0 Å². The SMILES string of the molecule is O=c1cc(-c2ccccc2)oc(-c2cccc(O)c2)c1. The summed E-state index contributed by atoms with van der Waals surface area (Å²) in [5.41, 5.74) is 1.37. The summed E-state index contributed by atoms with van der Waals surface area (Å²) in [6.07, 6.45) is 0. The summed E-state index contributed by atoms with van der Waals surface area (Å²) in [6.45, 7) is 0. The van der Waals surface area contributed by atoms with Crippen molar-refractivity contribution in [3.05, 3.63) is 77.0 Å². The van der Waals surface area contributed by atoms with Crippen molar-refractivity contribution < 1.29 is 9.52 Å². The van der Waals surface area contributed by atoms with Gasteiger partial charge in [-0.3, -0.25) is 4.79 Å². The lowest BCUT2D eigenvalue weighted by Crippen LogP contribution is -1.98. The van der Waals surface area contributed by atoms with Gasteiger partial charge in [0.2, 0.25) is 0 Å². The number of phenolic OH excluding ortho intramolecular Hbond substituents is 1. The Kier molecular flexibility index (Phi) is 3.09. The van der Waals surface area contributed by atoms with Gasteiger partial charge in [-0.25, -0.2) is 0 Å². The van der Waals surface area contributed by atoms with E-state index in [0.29, 0.717) is 17.1 Å². The van der Waals surface area contributed by atoms with Gasteiger partial charge in [-0.1, -0.05) is 42.5 Å². The second-order valence-corrected chi connectivity index (χ2v) is 4.44. The maximum Gasteiger partial charge on any atom is 0.186 e. The summed E-state index contributed by atoms with van der Waals surface area (Å²) in [4.78, 5) is 11.8. The Morgan fingerprint density at radius 1 is 0.750 bits per heavy atom. The number of benzene rings is 2. The van der Waals surface area contributed by atoms with Gasteiger partial charge in [0, 0.05) is 23.3 Å². The van der Waals surface area contributed by atoms with Crippen LogP contribution in [0, 0.1) is 0 Å². The molecular weight excluding hydrogens is 252 g/mol. The topological polar surface area (TPSA) is 50.4 Å². The molecule has 1 heterocycles. The van der Waals surface area contributed by atoms with Crippen molar-refractivity contribution in [3.63, 3.8) is 0 Å². The van der Waals surface area contributed by atoms with Crippen LogP contribution in [0.3, 0.4) is 0 Å². The van der Waals surface area contributed by atoms with Gasteiger partial charge < -0.3 is 9.52 Å². The molecule has 3 rings (SSSR count). The van der Waals surface area contributed by atoms with Crippen LogP contribution in [0.25, 0.3) is 22.6 Å². The highest BCUT2D eigenvalue weighted by molar-refractivity contribution is 5.63. The fourth-order valence-electron chi connectivity index (χ4n) is 2.02. The predicted octanol–water partition coefficient (Wildman–Crippen LogP) is 3.68. The Balaban J connectivity index is 2.15. The molecular formula is C17H12O3. The second kappa shape index (κ2) is 5.05. The molecule has 0 aliphatic heterocycles. The monoisotopic (exact) mass is 264 g/mol. The van der Waals surface area contributed by atoms with E-state index in [-0.39, 0.29) is 11.2 Å². The normalized spacial score (nSPS) is 10.4. The van der Waals surface area contributed by atoms with E-state index in [4.69, 9.17) is 4.42 Å². The van der Waals surface area contributed by atoms with E-state index in [1.165, 1.54) is 12.1 Å². The molecule has 0 amide bonds. The molecule has 0 atom stereocenters. The lowest BCUT2D eigenvalue weighted by molar-refractivity contribution is 0.475. The van der Waals surface area contributed by atoms with Crippen LogP contribution in [0.4, 0.5) is 0 Å². The van der Waals surface area contributed by atoms with Crippen LogP contribution in [0.1, 0.15) is 0 Å². The van der Waals surface area contributed by atoms with Gasteiger partial charge in [-0.05, 0) is 12.1 Å². The molecule has 0 spiro atoms. The molecule has 0 bridgehead atoms. The largest absolute Gasteiger partial charge is 0.508 e. The lowest BCUT2D eigenvalue weighted by atomic mass is 10.1. The quantitative estimate of drug-likeness (QED) is 0.768. The van der Waals surface area contributed by atoms with Crippen molar-refractivity contribution in [1.29, 1.82) is 0 Å². The van der Waals surface area contributed by atoms with E-state index in [0.717, 1.165) is 5.56 Å². The van der Waals surface area contributed by atoms with E-state index >= 15 is 0 Å². The first-order chi connectivity index (χ1) is 9.72. The molecule has 2 aromatic carbocycles. The fraction of sp³-hybridized carbons (Fsp3) is 0. The summed E-state index contributed by atoms with van der Waals surface area (Å²) in [7, 11) is 0. The van der Waals surface area contributed by atoms with Crippen LogP contribution >= 0.6 is 0 Å². The maximum absolute atomic E-state index is 11.8. The van der Waals surface area contributed by atoms with Gasteiger partial charge in [-0.2, -0.15) is 0 Å². The highest BCUT2D eigenvalue weighted by Gasteiger charge is 2.07. The van der Waals surface area contributed by atoms with Gasteiger partial charge in [0.15, 0.2) is 5.43 Å². The van der Waals surface area contributed by atoms with Gasteiger partial charge in [0.25, 0.3) is 0 Å². The third-order valence-electron chi connectivity index (χ3n) is 2.96. The molecule has 0 aliphatic carbocycles. The van der Waals surface area contributed by atoms with E-state index in [1.54, 1.807) is 24.3 Å². The number of hydrogen-bond acceptors (Lipinski definition) is 3. The molecule has 1 aromatic heterocycles. The Morgan fingerprint density at radius 2 is 1.40 bits per heavy atom. The van der Waals surface area contributed by atoms with Gasteiger partial charge >= 0.3 is 0 Å². The first kappa shape index (κ1) is 12.2. The molecule has 3 nitrogen and oxygen atoms in total. The molecule has 0 saturated carbocycles. The second-order valence-electron chi connectivity index (χ2n) is 4.44. The maximum atomic E-state index is 11.8. The Bertz CT molecular complexity index is 789. The first-order valence-electron chi connectivity index (χ1n) is 6.22. The molecule has 98 valence electrons. The summed E-state index contributed by atoms with van der Waals surface area (Å²) >= 11 is 0. The zero-order chi connectivity index (χ0) is 13.9. The minimum absolute atomic E-state index is 0.131. The van der Waals surface area contributed by atoms with E-state index in [2.05, 4.69) is 0 Å². The van der Waals surface area contributed by atoms with Crippen molar-refractivity contribution in [3.8, 4) is 28.4 Å².